The van der Waals surface area contributed by atoms with Crippen LogP contribution in [0.1, 0.15) is 16.9 Å². The van der Waals surface area contributed by atoms with E-state index in [1.54, 1.807) is 20.3 Å². The number of hydrogen-bond donors (Lipinski definition) is 3. The molecular weight excluding hydrogens is 382 g/mol. The van der Waals surface area contributed by atoms with Gasteiger partial charge in [0.15, 0.2) is 11.5 Å². The maximum absolute atomic E-state index is 12.8. The second-order valence-corrected chi connectivity index (χ2v) is 6.82. The lowest BCUT2D eigenvalue weighted by Gasteiger charge is -2.14. The number of fused-ring (bicyclic) bond motifs is 3. The lowest BCUT2D eigenvalue weighted by Crippen LogP contribution is -2.26. The molecule has 7 nitrogen and oxygen atoms in total. The van der Waals surface area contributed by atoms with Gasteiger partial charge in [0.2, 0.25) is 0 Å². The number of H-pyrrole nitrogens is 1. The van der Waals surface area contributed by atoms with Crippen LogP contribution in [-0.2, 0) is 0 Å². The first-order chi connectivity index (χ1) is 14.7. The summed E-state index contributed by atoms with van der Waals surface area (Å²) in [6.07, 6.45) is 0.484. The largest absolute Gasteiger partial charge is 0.493 e. The van der Waals surface area contributed by atoms with Crippen molar-refractivity contribution < 1.29 is 19.4 Å². The molecule has 0 bridgehead atoms. The summed E-state index contributed by atoms with van der Waals surface area (Å²) in [4.78, 5) is 20.9. The van der Waals surface area contributed by atoms with Gasteiger partial charge in [-0.1, -0.05) is 24.3 Å². The molecule has 0 radical (unpaired) electrons. The third-order valence-electron chi connectivity index (χ3n) is 5.01. The monoisotopic (exact) mass is 405 g/mol. The summed E-state index contributed by atoms with van der Waals surface area (Å²) in [6, 6.07) is 15.3. The van der Waals surface area contributed by atoms with Crippen molar-refractivity contribution in [3.63, 3.8) is 0 Å². The molecule has 0 aliphatic heterocycles. The van der Waals surface area contributed by atoms with Gasteiger partial charge >= 0.3 is 0 Å². The van der Waals surface area contributed by atoms with Crippen LogP contribution < -0.4 is 14.8 Å². The molecule has 0 atom stereocenters. The van der Waals surface area contributed by atoms with Crippen molar-refractivity contribution in [1.82, 2.24) is 15.3 Å². The van der Waals surface area contributed by atoms with E-state index in [4.69, 9.17) is 14.6 Å². The van der Waals surface area contributed by atoms with Gasteiger partial charge in [0, 0.05) is 35.0 Å². The Kier molecular flexibility index (Phi) is 5.54. The zero-order valence-electron chi connectivity index (χ0n) is 16.9. The van der Waals surface area contributed by atoms with E-state index in [1.807, 2.05) is 42.5 Å². The number of benzene rings is 2. The van der Waals surface area contributed by atoms with Gasteiger partial charge in [-0.25, -0.2) is 4.98 Å². The Bertz CT molecular complexity index is 1220. The molecule has 0 saturated heterocycles. The Morgan fingerprint density at radius 1 is 1.10 bits per heavy atom. The lowest BCUT2D eigenvalue weighted by atomic mass is 10.0. The summed E-state index contributed by atoms with van der Waals surface area (Å²) in [5.41, 5.74) is 3.39. The van der Waals surface area contributed by atoms with Crippen LogP contribution in [0.4, 0.5) is 0 Å². The summed E-state index contributed by atoms with van der Waals surface area (Å²) in [7, 11) is 3.16. The van der Waals surface area contributed by atoms with Crippen molar-refractivity contribution >= 4 is 27.7 Å². The van der Waals surface area contributed by atoms with E-state index in [1.165, 1.54) is 0 Å². The van der Waals surface area contributed by atoms with Crippen LogP contribution in [0.15, 0.2) is 48.5 Å². The van der Waals surface area contributed by atoms with Crippen LogP contribution in [0.2, 0.25) is 0 Å². The number of pyridine rings is 1. The number of amides is 1. The zero-order valence-corrected chi connectivity index (χ0v) is 16.9. The van der Waals surface area contributed by atoms with Crippen LogP contribution in [0.5, 0.6) is 11.5 Å². The number of aliphatic hydroxyl groups is 1. The van der Waals surface area contributed by atoms with Crippen molar-refractivity contribution in [3.05, 3.63) is 54.2 Å². The Balaban J connectivity index is 1.97. The van der Waals surface area contributed by atoms with E-state index in [2.05, 4.69) is 15.3 Å². The molecule has 0 aliphatic rings. The Labute approximate surface area is 173 Å². The first kappa shape index (κ1) is 19.7. The van der Waals surface area contributed by atoms with Gasteiger partial charge in [-0.05, 0) is 30.7 Å². The van der Waals surface area contributed by atoms with Gasteiger partial charge in [-0.3, -0.25) is 4.79 Å². The van der Waals surface area contributed by atoms with Gasteiger partial charge in [-0.15, -0.1) is 0 Å². The fourth-order valence-corrected chi connectivity index (χ4v) is 3.60. The van der Waals surface area contributed by atoms with Gasteiger partial charge in [0.05, 0.1) is 25.4 Å². The number of aromatic amines is 1. The van der Waals surface area contributed by atoms with Crippen molar-refractivity contribution in [1.29, 1.82) is 0 Å². The smallest absolute Gasteiger partial charge is 0.269 e. The second kappa shape index (κ2) is 8.42. The molecule has 2 aromatic heterocycles. The number of carbonyl (C=O) groups excluding carboxylic acids is 1. The average Bonchev–Trinajstić information content (AvgIpc) is 3.16. The Morgan fingerprint density at radius 3 is 2.70 bits per heavy atom. The van der Waals surface area contributed by atoms with Crippen molar-refractivity contribution in [3.8, 4) is 22.8 Å². The van der Waals surface area contributed by atoms with Gasteiger partial charge < -0.3 is 24.9 Å². The second-order valence-electron chi connectivity index (χ2n) is 6.82. The zero-order chi connectivity index (χ0) is 21.1. The molecule has 0 unspecified atom stereocenters. The molecule has 1 amide bonds. The molecule has 2 heterocycles. The predicted octanol–water partition coefficient (Wildman–Crippen LogP) is 3.51. The molecule has 0 aliphatic carbocycles. The minimum Gasteiger partial charge on any atom is -0.493 e. The van der Waals surface area contributed by atoms with Gasteiger partial charge in [0.1, 0.15) is 5.69 Å². The van der Waals surface area contributed by atoms with Crippen molar-refractivity contribution in [2.24, 2.45) is 0 Å². The quantitative estimate of drug-likeness (QED) is 0.409. The molecule has 3 N–H and O–H groups in total. The van der Waals surface area contributed by atoms with E-state index in [0.29, 0.717) is 35.9 Å². The summed E-state index contributed by atoms with van der Waals surface area (Å²) in [5.74, 6) is 0.836. The summed E-state index contributed by atoms with van der Waals surface area (Å²) >= 11 is 0. The molecule has 2 aromatic carbocycles. The van der Waals surface area contributed by atoms with E-state index < -0.39 is 0 Å². The van der Waals surface area contributed by atoms with Gasteiger partial charge in [-0.2, -0.15) is 0 Å². The number of methoxy groups -OCH3 is 2. The summed E-state index contributed by atoms with van der Waals surface area (Å²) < 4.78 is 11.1. The van der Waals surface area contributed by atoms with Crippen molar-refractivity contribution in [2.45, 2.75) is 6.42 Å². The minimum atomic E-state index is -0.293. The van der Waals surface area contributed by atoms with Crippen LogP contribution in [0.25, 0.3) is 33.1 Å². The van der Waals surface area contributed by atoms with E-state index in [0.717, 1.165) is 27.4 Å². The number of para-hydroxylation sites is 2. The molecule has 154 valence electrons. The standard InChI is InChI=1S/C23H23N3O4/c1-29-19-10-5-8-15(22(19)30-2)20-21-16(14-7-3-4-9-17(14)25-21)13-18(26-20)23(28)24-11-6-12-27/h3-5,7-10,13,25,27H,6,11-12H2,1-2H3,(H,24,28). The fraction of sp³-hybridized carbons (Fsp3) is 0.217. The summed E-state index contributed by atoms with van der Waals surface area (Å²) in [6.45, 7) is 0.391. The number of carbonyl (C=O) groups is 1. The van der Waals surface area contributed by atoms with Gasteiger partial charge in [0.25, 0.3) is 5.91 Å². The SMILES string of the molecule is COc1cccc(-c2nc(C(=O)NCCCO)cc3c2[nH]c2ccccc23)c1OC. The number of aliphatic hydroxyl groups excluding tert-OH is 1. The van der Waals surface area contributed by atoms with E-state index in [-0.39, 0.29) is 12.5 Å². The number of ether oxygens (including phenoxy) is 2. The molecule has 7 heteroatoms. The molecule has 30 heavy (non-hydrogen) atoms. The predicted molar refractivity (Wildman–Crippen MR) is 116 cm³/mol. The highest BCUT2D eigenvalue weighted by Gasteiger charge is 2.20. The van der Waals surface area contributed by atoms with Crippen LogP contribution >= 0.6 is 0 Å². The highest BCUT2D eigenvalue weighted by atomic mass is 16.5. The third-order valence-corrected chi connectivity index (χ3v) is 5.01. The maximum atomic E-state index is 12.8. The molecule has 4 rings (SSSR count). The highest BCUT2D eigenvalue weighted by molar-refractivity contribution is 6.13. The first-order valence-electron chi connectivity index (χ1n) is 9.69. The van der Waals surface area contributed by atoms with Crippen LogP contribution in [0, 0.1) is 0 Å². The molecule has 4 aromatic rings. The fourth-order valence-electron chi connectivity index (χ4n) is 3.60. The average molecular weight is 405 g/mol. The molecular formula is C23H23N3O4. The first-order valence-corrected chi connectivity index (χ1v) is 9.69. The number of hydrogen-bond acceptors (Lipinski definition) is 5. The maximum Gasteiger partial charge on any atom is 0.269 e. The number of nitrogens with one attached hydrogen (secondary N) is 2. The molecule has 0 fully saturated rings. The Hall–Kier alpha value is -3.58. The van der Waals surface area contributed by atoms with Crippen LogP contribution in [0.3, 0.4) is 0 Å². The normalized spacial score (nSPS) is 11.0. The minimum absolute atomic E-state index is 0.0153. The number of aromatic nitrogens is 2. The van der Waals surface area contributed by atoms with Crippen LogP contribution in [-0.4, -0.2) is 48.4 Å². The topological polar surface area (TPSA) is 96.5 Å². The lowest BCUT2D eigenvalue weighted by molar-refractivity contribution is 0.0946. The molecule has 0 spiro atoms. The van der Waals surface area contributed by atoms with E-state index >= 15 is 0 Å². The highest BCUT2D eigenvalue weighted by Crippen LogP contribution is 2.41. The van der Waals surface area contributed by atoms with Crippen molar-refractivity contribution in [2.75, 3.05) is 27.4 Å². The Morgan fingerprint density at radius 2 is 1.93 bits per heavy atom. The third kappa shape index (κ3) is 3.44. The number of nitrogens with zero attached hydrogens (tertiary/aromatic N) is 1. The molecule has 0 saturated carbocycles. The summed E-state index contributed by atoms with van der Waals surface area (Å²) in [5, 5.41) is 13.7. The van der Waals surface area contributed by atoms with E-state index in [9.17, 15) is 4.79 Å². The number of rotatable bonds is 7.